The number of ether oxygens (including phenoxy) is 3. The van der Waals surface area contributed by atoms with Crippen LogP contribution in [0.1, 0.15) is 22.8 Å². The van der Waals surface area contributed by atoms with Gasteiger partial charge in [0.1, 0.15) is 0 Å². The van der Waals surface area contributed by atoms with Crippen LogP contribution in [-0.2, 0) is 14.3 Å². The monoisotopic (exact) mass is 477 g/mol. The van der Waals surface area contributed by atoms with Gasteiger partial charge >= 0.3 is 11.9 Å². The highest BCUT2D eigenvalue weighted by molar-refractivity contribution is 9.10. The van der Waals surface area contributed by atoms with E-state index in [1.54, 1.807) is 43.3 Å². The van der Waals surface area contributed by atoms with Crippen molar-refractivity contribution in [3.8, 4) is 11.5 Å². The summed E-state index contributed by atoms with van der Waals surface area (Å²) in [5, 5.41) is 11.4. The molecule has 8 nitrogen and oxygen atoms in total. The fourth-order valence-corrected chi connectivity index (χ4v) is 2.81. The number of aliphatic carboxylic acids is 1. The highest BCUT2D eigenvalue weighted by Crippen LogP contribution is 2.34. The number of methoxy groups -OCH3 is 1. The molecule has 158 valence electrons. The Hall–Kier alpha value is -3.33. The molecule has 0 heterocycles. The van der Waals surface area contributed by atoms with Gasteiger partial charge in [-0.05, 0) is 55.0 Å². The first-order valence-electron chi connectivity index (χ1n) is 8.82. The predicted molar refractivity (Wildman–Crippen MR) is 114 cm³/mol. The van der Waals surface area contributed by atoms with E-state index in [0.29, 0.717) is 32.8 Å². The number of nitrogens with one attached hydrogen (secondary N) is 1. The maximum Gasteiger partial charge on any atom is 0.338 e. The summed E-state index contributed by atoms with van der Waals surface area (Å²) in [5.41, 5.74) is 1.46. The number of benzene rings is 2. The quantitative estimate of drug-likeness (QED) is 0.417. The van der Waals surface area contributed by atoms with E-state index in [1.807, 2.05) is 0 Å². The smallest absolute Gasteiger partial charge is 0.338 e. The number of carboxylic acid groups (broad SMARTS) is 1. The summed E-state index contributed by atoms with van der Waals surface area (Å²) in [5.74, 6) is -1.27. The Morgan fingerprint density at radius 1 is 1.13 bits per heavy atom. The molecular formula is C21H20BrNO7. The molecular weight excluding hydrogens is 458 g/mol. The summed E-state index contributed by atoms with van der Waals surface area (Å²) >= 11 is 3.33. The van der Waals surface area contributed by atoms with Crippen LogP contribution < -0.4 is 14.8 Å². The van der Waals surface area contributed by atoms with Crippen molar-refractivity contribution in [1.82, 2.24) is 0 Å². The van der Waals surface area contributed by atoms with Gasteiger partial charge < -0.3 is 24.6 Å². The van der Waals surface area contributed by atoms with Crippen LogP contribution in [0.25, 0.3) is 6.08 Å². The number of anilines is 1. The Morgan fingerprint density at radius 2 is 1.83 bits per heavy atom. The number of hydrogen-bond donors (Lipinski definition) is 2. The molecule has 9 heteroatoms. The van der Waals surface area contributed by atoms with Crippen LogP contribution in [0, 0.1) is 0 Å². The zero-order valence-corrected chi connectivity index (χ0v) is 17.9. The van der Waals surface area contributed by atoms with Crippen LogP contribution in [0.2, 0.25) is 0 Å². The van der Waals surface area contributed by atoms with Crippen LogP contribution >= 0.6 is 15.9 Å². The molecule has 2 aromatic carbocycles. The lowest BCUT2D eigenvalue weighted by atomic mass is 10.2. The van der Waals surface area contributed by atoms with Crippen molar-refractivity contribution in [3.63, 3.8) is 0 Å². The number of esters is 1. The number of carboxylic acids is 1. The highest BCUT2D eigenvalue weighted by Gasteiger charge is 2.12. The van der Waals surface area contributed by atoms with E-state index < -0.39 is 17.8 Å². The van der Waals surface area contributed by atoms with Gasteiger partial charge in [-0.3, -0.25) is 4.79 Å². The molecule has 0 radical (unpaired) electrons. The molecule has 0 fully saturated rings. The summed E-state index contributed by atoms with van der Waals surface area (Å²) in [6, 6.07) is 9.46. The third-order valence-electron chi connectivity index (χ3n) is 3.73. The average molecular weight is 478 g/mol. The molecule has 0 aliphatic rings. The fourth-order valence-electron chi connectivity index (χ4n) is 2.36. The van der Waals surface area contributed by atoms with Crippen molar-refractivity contribution in [3.05, 3.63) is 58.1 Å². The van der Waals surface area contributed by atoms with Gasteiger partial charge in [0.2, 0.25) is 0 Å². The summed E-state index contributed by atoms with van der Waals surface area (Å²) in [7, 11) is 1.44. The molecule has 0 spiro atoms. The van der Waals surface area contributed by atoms with E-state index in [-0.39, 0.29) is 13.2 Å². The van der Waals surface area contributed by atoms with Gasteiger partial charge in [0.05, 0.1) is 19.3 Å². The van der Waals surface area contributed by atoms with Crippen LogP contribution in [0.3, 0.4) is 0 Å². The number of carbonyl (C=O) groups excluding carboxylic acids is 2. The zero-order chi connectivity index (χ0) is 22.1. The molecule has 0 saturated carbocycles. The molecule has 0 bridgehead atoms. The minimum absolute atomic E-state index is 0.283. The molecule has 0 saturated heterocycles. The van der Waals surface area contributed by atoms with E-state index in [0.717, 1.165) is 6.08 Å². The number of carbonyl (C=O) groups is 3. The molecule has 0 unspecified atom stereocenters. The van der Waals surface area contributed by atoms with Crippen LogP contribution in [-0.4, -0.2) is 43.3 Å². The third kappa shape index (κ3) is 6.63. The molecule has 1 amide bonds. The van der Waals surface area contributed by atoms with E-state index in [1.165, 1.54) is 13.2 Å². The van der Waals surface area contributed by atoms with Gasteiger partial charge in [-0.2, -0.15) is 0 Å². The predicted octanol–water partition coefficient (Wildman–Crippen LogP) is 3.75. The Bertz CT molecular complexity index is 955. The van der Waals surface area contributed by atoms with E-state index >= 15 is 0 Å². The van der Waals surface area contributed by atoms with Gasteiger partial charge in [0, 0.05) is 16.2 Å². The molecule has 2 rings (SSSR count). The Kier molecular flexibility index (Phi) is 8.42. The average Bonchev–Trinajstić information content (AvgIpc) is 2.72. The Labute approximate surface area is 181 Å². The maximum absolute atomic E-state index is 12.2. The molecule has 0 aliphatic carbocycles. The van der Waals surface area contributed by atoms with E-state index in [4.69, 9.17) is 19.3 Å². The van der Waals surface area contributed by atoms with E-state index in [2.05, 4.69) is 21.2 Å². The fraction of sp³-hybridized carbons (Fsp3) is 0.190. The van der Waals surface area contributed by atoms with Crippen LogP contribution in [0.4, 0.5) is 5.69 Å². The summed E-state index contributed by atoms with van der Waals surface area (Å²) < 4.78 is 16.3. The molecule has 2 N–H and O–H groups in total. The van der Waals surface area contributed by atoms with Gasteiger partial charge in [0.25, 0.3) is 5.91 Å². The highest BCUT2D eigenvalue weighted by atomic mass is 79.9. The van der Waals surface area contributed by atoms with Gasteiger partial charge in [0.15, 0.2) is 18.1 Å². The van der Waals surface area contributed by atoms with Crippen molar-refractivity contribution in [1.29, 1.82) is 0 Å². The number of rotatable bonds is 9. The van der Waals surface area contributed by atoms with Crippen molar-refractivity contribution >= 4 is 45.5 Å². The topological polar surface area (TPSA) is 111 Å². The number of amides is 1. The molecule has 0 atom stereocenters. The summed E-state index contributed by atoms with van der Waals surface area (Å²) in [6.07, 6.45) is 2.41. The second-order valence-corrected chi connectivity index (χ2v) is 6.69. The van der Waals surface area contributed by atoms with Gasteiger partial charge in [-0.1, -0.05) is 15.9 Å². The lowest BCUT2D eigenvalue weighted by Gasteiger charge is -2.13. The second kappa shape index (κ2) is 11.0. The first-order valence-corrected chi connectivity index (χ1v) is 9.61. The lowest BCUT2D eigenvalue weighted by Crippen LogP contribution is -2.20. The minimum atomic E-state index is -1.08. The second-order valence-electron chi connectivity index (χ2n) is 5.83. The van der Waals surface area contributed by atoms with Crippen molar-refractivity contribution in [2.45, 2.75) is 6.92 Å². The largest absolute Gasteiger partial charge is 0.493 e. The normalized spacial score (nSPS) is 10.5. The van der Waals surface area contributed by atoms with Gasteiger partial charge in [-0.25, -0.2) is 9.59 Å². The summed E-state index contributed by atoms with van der Waals surface area (Å²) in [4.78, 5) is 34.5. The summed E-state index contributed by atoms with van der Waals surface area (Å²) in [6.45, 7) is 1.72. The van der Waals surface area contributed by atoms with Crippen molar-refractivity contribution in [2.24, 2.45) is 0 Å². The lowest BCUT2D eigenvalue weighted by molar-refractivity contribution is -0.131. The molecule has 0 aromatic heterocycles. The third-order valence-corrected chi connectivity index (χ3v) is 4.41. The SMILES string of the molecule is CCOC(=O)c1ccc(NC(=O)COc2cc(Br)c(C=CC(=O)O)cc2OC)cc1. The van der Waals surface area contributed by atoms with Crippen LogP contribution in [0.5, 0.6) is 11.5 Å². The number of halogens is 1. The van der Waals surface area contributed by atoms with Crippen molar-refractivity contribution < 1.29 is 33.7 Å². The number of hydrogen-bond acceptors (Lipinski definition) is 6. The Morgan fingerprint density at radius 3 is 2.43 bits per heavy atom. The molecule has 30 heavy (non-hydrogen) atoms. The minimum Gasteiger partial charge on any atom is -0.493 e. The Balaban J connectivity index is 2.01. The first kappa shape index (κ1) is 23.0. The first-order chi connectivity index (χ1) is 14.3. The van der Waals surface area contributed by atoms with Gasteiger partial charge in [-0.15, -0.1) is 0 Å². The standard InChI is InChI=1S/C21H20BrNO7/c1-3-29-21(27)13-4-7-15(8-5-13)23-19(24)12-30-18-11-16(22)14(6-9-20(25)26)10-17(18)28-2/h4-11H,3,12H2,1-2H3,(H,23,24)(H,25,26). The van der Waals surface area contributed by atoms with E-state index in [9.17, 15) is 14.4 Å². The van der Waals surface area contributed by atoms with Crippen molar-refractivity contribution in [2.75, 3.05) is 25.6 Å². The zero-order valence-electron chi connectivity index (χ0n) is 16.3. The van der Waals surface area contributed by atoms with Crippen LogP contribution in [0.15, 0.2) is 46.9 Å². The molecule has 2 aromatic rings. The molecule has 0 aliphatic heterocycles. The maximum atomic E-state index is 12.2.